The van der Waals surface area contributed by atoms with Gasteiger partial charge in [-0.3, -0.25) is 4.79 Å². The number of rotatable bonds is 11. The van der Waals surface area contributed by atoms with E-state index in [-0.39, 0.29) is 43.1 Å². The van der Waals surface area contributed by atoms with Crippen LogP contribution < -0.4 is 22.5 Å². The van der Waals surface area contributed by atoms with Crippen LogP contribution in [0.5, 0.6) is 0 Å². The fourth-order valence-electron chi connectivity index (χ4n) is 1.80. The number of methoxy groups -OCH3 is 1. The summed E-state index contributed by atoms with van der Waals surface area (Å²) >= 11 is 0. The Balaban J connectivity index is -0.000000602. The molecule has 0 heterocycles. The second-order valence-corrected chi connectivity index (χ2v) is 4.76. The molecule has 0 rings (SSSR count). The first-order valence-electron chi connectivity index (χ1n) is 7.10. The zero-order valence-corrected chi connectivity index (χ0v) is 15.9. The lowest BCUT2D eigenvalue weighted by Crippen LogP contribution is -2.48. The minimum atomic E-state index is -0.653. The molecular formula is C13H31Cl3N4O3. The number of hydrogen-bond acceptors (Lipinski definition) is 6. The summed E-state index contributed by atoms with van der Waals surface area (Å²) in [5, 5.41) is 2.64. The third-order valence-corrected chi connectivity index (χ3v) is 3.06. The van der Waals surface area contributed by atoms with Crippen LogP contribution in [0.4, 0.5) is 0 Å². The van der Waals surface area contributed by atoms with Crippen molar-refractivity contribution in [2.45, 2.75) is 50.6 Å². The molecule has 10 heteroatoms. The van der Waals surface area contributed by atoms with Crippen LogP contribution in [0.15, 0.2) is 0 Å². The minimum Gasteiger partial charge on any atom is -0.467 e. The Bertz CT molecular complexity index is 300. The van der Waals surface area contributed by atoms with E-state index < -0.39 is 18.1 Å². The highest BCUT2D eigenvalue weighted by Gasteiger charge is 2.23. The van der Waals surface area contributed by atoms with Gasteiger partial charge in [-0.05, 0) is 45.2 Å². The first-order chi connectivity index (χ1) is 9.56. The maximum absolute atomic E-state index is 11.9. The van der Waals surface area contributed by atoms with Gasteiger partial charge in [0.2, 0.25) is 5.91 Å². The summed E-state index contributed by atoms with van der Waals surface area (Å²) in [7, 11) is 1.30. The van der Waals surface area contributed by atoms with Gasteiger partial charge in [0.05, 0.1) is 13.2 Å². The van der Waals surface area contributed by atoms with Gasteiger partial charge in [-0.15, -0.1) is 37.2 Å². The summed E-state index contributed by atoms with van der Waals surface area (Å²) in [5.74, 6) is -0.783. The molecule has 0 unspecified atom stereocenters. The number of carbonyl (C=O) groups is 2. The molecule has 0 aliphatic carbocycles. The van der Waals surface area contributed by atoms with E-state index in [1.165, 1.54) is 7.11 Å². The van der Waals surface area contributed by atoms with Crippen LogP contribution >= 0.6 is 37.2 Å². The number of nitrogens with one attached hydrogen (secondary N) is 1. The monoisotopic (exact) mass is 396 g/mol. The number of amides is 1. The van der Waals surface area contributed by atoms with Crippen molar-refractivity contribution in [1.29, 1.82) is 0 Å². The average Bonchev–Trinajstić information content (AvgIpc) is 2.45. The molecule has 7 nitrogen and oxygen atoms in total. The Labute approximate surface area is 157 Å². The van der Waals surface area contributed by atoms with Crippen LogP contribution in [0, 0.1) is 0 Å². The van der Waals surface area contributed by atoms with Gasteiger partial charge in [0, 0.05) is 0 Å². The molecule has 0 saturated heterocycles. The van der Waals surface area contributed by atoms with Crippen molar-refractivity contribution in [1.82, 2.24) is 5.32 Å². The SMILES string of the molecule is COC(=O)[C@H](CCCCN)NC(=O)[C@@H](N)CCCCN.Cl.Cl.Cl. The van der Waals surface area contributed by atoms with E-state index in [0.717, 1.165) is 25.7 Å². The normalized spacial score (nSPS) is 11.8. The fourth-order valence-corrected chi connectivity index (χ4v) is 1.80. The zero-order valence-electron chi connectivity index (χ0n) is 13.5. The highest BCUT2D eigenvalue weighted by atomic mass is 35.5. The number of halogens is 3. The van der Waals surface area contributed by atoms with Gasteiger partial charge in [-0.2, -0.15) is 0 Å². The number of unbranched alkanes of at least 4 members (excludes halogenated alkanes) is 2. The number of ether oxygens (including phenoxy) is 1. The molecule has 0 bridgehead atoms. The van der Waals surface area contributed by atoms with Crippen LogP contribution in [-0.4, -0.2) is 44.2 Å². The van der Waals surface area contributed by atoms with Crippen molar-refractivity contribution in [3.05, 3.63) is 0 Å². The maximum atomic E-state index is 11.9. The predicted molar refractivity (Wildman–Crippen MR) is 99.5 cm³/mol. The van der Waals surface area contributed by atoms with Gasteiger partial charge in [-0.1, -0.05) is 6.42 Å². The summed E-state index contributed by atoms with van der Waals surface area (Å²) in [6, 6.07) is -1.28. The summed E-state index contributed by atoms with van der Waals surface area (Å²) in [5.41, 5.74) is 16.6. The van der Waals surface area contributed by atoms with Gasteiger partial charge < -0.3 is 27.3 Å². The first kappa shape index (κ1) is 30.6. The summed E-state index contributed by atoms with van der Waals surface area (Å²) in [4.78, 5) is 23.5. The zero-order chi connectivity index (χ0) is 15.4. The van der Waals surface area contributed by atoms with E-state index in [1.54, 1.807) is 0 Å². The van der Waals surface area contributed by atoms with E-state index >= 15 is 0 Å². The van der Waals surface area contributed by atoms with E-state index in [0.29, 0.717) is 25.9 Å². The number of carbonyl (C=O) groups excluding carboxylic acids is 2. The average molecular weight is 398 g/mol. The van der Waals surface area contributed by atoms with E-state index in [2.05, 4.69) is 10.1 Å². The number of esters is 1. The highest BCUT2D eigenvalue weighted by molar-refractivity contribution is 5.87. The minimum absolute atomic E-state index is 0. The molecule has 142 valence electrons. The summed E-state index contributed by atoms with van der Waals surface area (Å²) in [6.45, 7) is 1.14. The number of hydrogen-bond donors (Lipinski definition) is 4. The van der Waals surface area contributed by atoms with Crippen LogP contribution in [0.2, 0.25) is 0 Å². The molecule has 0 aromatic rings. The van der Waals surface area contributed by atoms with Crippen molar-refractivity contribution in [2.24, 2.45) is 17.2 Å². The lowest BCUT2D eigenvalue weighted by molar-refractivity contribution is -0.145. The molecule has 2 atom stereocenters. The van der Waals surface area contributed by atoms with Crippen molar-refractivity contribution in [3.63, 3.8) is 0 Å². The highest BCUT2D eigenvalue weighted by Crippen LogP contribution is 2.04. The van der Waals surface area contributed by atoms with Crippen molar-refractivity contribution in [2.75, 3.05) is 20.2 Å². The van der Waals surface area contributed by atoms with Gasteiger partial charge in [0.15, 0.2) is 0 Å². The van der Waals surface area contributed by atoms with Crippen LogP contribution in [0.3, 0.4) is 0 Å². The van der Waals surface area contributed by atoms with Gasteiger partial charge >= 0.3 is 5.97 Å². The van der Waals surface area contributed by atoms with Gasteiger partial charge in [0.1, 0.15) is 6.04 Å². The predicted octanol–water partition coefficient (Wildman–Crippen LogP) is 0.495. The lowest BCUT2D eigenvalue weighted by atomic mass is 10.1. The van der Waals surface area contributed by atoms with E-state index in [4.69, 9.17) is 17.2 Å². The molecule has 1 amide bonds. The molecule has 0 spiro atoms. The van der Waals surface area contributed by atoms with E-state index in [1.807, 2.05) is 0 Å². The molecule has 0 aromatic carbocycles. The molecule has 0 fully saturated rings. The van der Waals surface area contributed by atoms with Crippen LogP contribution in [0.1, 0.15) is 38.5 Å². The molecule has 23 heavy (non-hydrogen) atoms. The fraction of sp³-hybridized carbons (Fsp3) is 0.846. The molecule has 0 aromatic heterocycles. The quantitative estimate of drug-likeness (QED) is 0.296. The standard InChI is InChI=1S/C13H28N4O3.3ClH/c1-20-13(19)11(7-3-5-9-15)17-12(18)10(16)6-2-4-8-14;;;/h10-11H,2-9,14-16H2,1H3,(H,17,18);3*1H/t10-,11-;;;/m0.../s1. The Kier molecular flexibility index (Phi) is 26.2. The summed E-state index contributed by atoms with van der Waals surface area (Å²) < 4.78 is 4.68. The van der Waals surface area contributed by atoms with Crippen molar-refractivity contribution >= 4 is 49.1 Å². The van der Waals surface area contributed by atoms with E-state index in [9.17, 15) is 9.59 Å². The Morgan fingerprint density at radius 2 is 1.43 bits per heavy atom. The van der Waals surface area contributed by atoms with Gasteiger partial charge in [-0.25, -0.2) is 4.79 Å². The molecule has 0 aliphatic heterocycles. The lowest BCUT2D eigenvalue weighted by Gasteiger charge is -2.19. The van der Waals surface area contributed by atoms with Crippen molar-refractivity contribution < 1.29 is 14.3 Å². The van der Waals surface area contributed by atoms with Crippen LogP contribution in [0.25, 0.3) is 0 Å². The molecule has 7 N–H and O–H groups in total. The van der Waals surface area contributed by atoms with Crippen molar-refractivity contribution in [3.8, 4) is 0 Å². The second-order valence-electron chi connectivity index (χ2n) is 4.76. The largest absolute Gasteiger partial charge is 0.467 e. The topological polar surface area (TPSA) is 133 Å². The molecule has 0 radical (unpaired) electrons. The maximum Gasteiger partial charge on any atom is 0.328 e. The van der Waals surface area contributed by atoms with Crippen LogP contribution in [-0.2, 0) is 14.3 Å². The smallest absolute Gasteiger partial charge is 0.328 e. The third-order valence-electron chi connectivity index (χ3n) is 3.06. The summed E-state index contributed by atoms with van der Waals surface area (Å²) in [6.07, 6.45) is 4.23. The Morgan fingerprint density at radius 1 is 0.957 bits per heavy atom. The van der Waals surface area contributed by atoms with Gasteiger partial charge in [0.25, 0.3) is 0 Å². The number of nitrogens with two attached hydrogens (primary N) is 3. The molecule has 0 saturated carbocycles. The Morgan fingerprint density at radius 3 is 1.87 bits per heavy atom. The third kappa shape index (κ3) is 15.0. The Hall–Kier alpha value is -0.310. The molecule has 0 aliphatic rings. The first-order valence-corrected chi connectivity index (χ1v) is 7.10. The second kappa shape index (κ2) is 19.7. The molecular weight excluding hydrogens is 367 g/mol.